The molecule has 0 N–H and O–H groups in total. The third kappa shape index (κ3) is 5.78. The fourth-order valence-electron chi connectivity index (χ4n) is 3.79. The molecule has 0 unspecified atom stereocenters. The zero-order valence-electron chi connectivity index (χ0n) is 17.3. The van der Waals surface area contributed by atoms with E-state index >= 15 is 0 Å². The monoisotopic (exact) mass is 514 g/mol. The van der Waals surface area contributed by atoms with Gasteiger partial charge < -0.3 is 0 Å². The van der Waals surface area contributed by atoms with Crippen molar-refractivity contribution >= 4 is 46.7 Å². The van der Waals surface area contributed by atoms with Gasteiger partial charge >= 0.3 is 191 Å². The normalized spacial score (nSPS) is 11.1. The molecule has 4 rings (SSSR count). The Balaban J connectivity index is 1.45. The molecule has 0 aliphatic carbocycles. The van der Waals surface area contributed by atoms with Crippen LogP contribution in [-0.2, 0) is 0 Å². The van der Waals surface area contributed by atoms with Crippen molar-refractivity contribution in [2.45, 2.75) is 23.3 Å². The van der Waals surface area contributed by atoms with Crippen molar-refractivity contribution in [2.24, 2.45) is 0 Å². The van der Waals surface area contributed by atoms with Gasteiger partial charge in [0.15, 0.2) is 0 Å². The van der Waals surface area contributed by atoms with Gasteiger partial charge in [-0.2, -0.15) is 0 Å². The SMILES string of the molecule is c1ccc([As](CCCC[As](c2ccccc2)c2ccccc2)c2ccccc2)cc1. The Kier molecular flexibility index (Phi) is 8.07. The second kappa shape index (κ2) is 11.4. The Bertz CT molecular complexity index is 822. The minimum atomic E-state index is -1.23. The van der Waals surface area contributed by atoms with Gasteiger partial charge in [-0.25, -0.2) is 0 Å². The van der Waals surface area contributed by atoms with E-state index in [0.29, 0.717) is 0 Å². The first-order chi connectivity index (χ1) is 14.9. The van der Waals surface area contributed by atoms with Crippen LogP contribution in [0.2, 0.25) is 10.4 Å². The summed E-state index contributed by atoms with van der Waals surface area (Å²) >= 11 is -2.45. The molecule has 0 saturated heterocycles. The van der Waals surface area contributed by atoms with Crippen molar-refractivity contribution in [3.05, 3.63) is 121 Å². The van der Waals surface area contributed by atoms with Crippen LogP contribution in [0.5, 0.6) is 0 Å². The Morgan fingerprint density at radius 1 is 0.333 bits per heavy atom. The van der Waals surface area contributed by atoms with E-state index in [0.717, 1.165) is 0 Å². The molecule has 0 amide bonds. The first-order valence-corrected chi connectivity index (χ1v) is 17.1. The van der Waals surface area contributed by atoms with Crippen molar-refractivity contribution < 1.29 is 0 Å². The summed E-state index contributed by atoms with van der Waals surface area (Å²) in [6.07, 6.45) is 2.66. The van der Waals surface area contributed by atoms with Gasteiger partial charge in [0.1, 0.15) is 0 Å². The van der Waals surface area contributed by atoms with E-state index in [2.05, 4.69) is 121 Å². The molecule has 0 radical (unpaired) electrons. The predicted molar refractivity (Wildman–Crippen MR) is 135 cm³/mol. The molecule has 30 heavy (non-hydrogen) atoms. The van der Waals surface area contributed by atoms with Gasteiger partial charge in [0.2, 0.25) is 0 Å². The summed E-state index contributed by atoms with van der Waals surface area (Å²) in [4.78, 5) is 0. The predicted octanol–water partition coefficient (Wildman–Crippen LogP) is 4.39. The fraction of sp³-hybridized carbons (Fsp3) is 0.143. The molecule has 0 saturated carbocycles. The molecule has 0 fully saturated rings. The maximum absolute atomic E-state index is 2.35. The van der Waals surface area contributed by atoms with Crippen LogP contribution in [0.3, 0.4) is 0 Å². The van der Waals surface area contributed by atoms with E-state index in [4.69, 9.17) is 0 Å². The standard InChI is InChI=1S/C28H28As2/c1-5-15-25(16-6-1)29(26-17-7-2-8-18-26)23-13-14-24-30(27-19-9-3-10-20-27)28-21-11-4-12-22-28/h1-12,15-22H,13-14,23-24H2. The van der Waals surface area contributed by atoms with Crippen LogP contribution in [0.25, 0.3) is 0 Å². The third-order valence-electron chi connectivity index (χ3n) is 5.28. The van der Waals surface area contributed by atoms with Crippen LogP contribution in [0.1, 0.15) is 12.8 Å². The van der Waals surface area contributed by atoms with E-state index in [1.54, 1.807) is 17.4 Å². The average Bonchev–Trinajstić information content (AvgIpc) is 2.84. The van der Waals surface area contributed by atoms with E-state index in [9.17, 15) is 0 Å². The van der Waals surface area contributed by atoms with E-state index in [1.165, 1.54) is 23.3 Å². The molecule has 4 aromatic carbocycles. The molecule has 0 nitrogen and oxygen atoms in total. The quantitative estimate of drug-likeness (QED) is 0.230. The topological polar surface area (TPSA) is 0 Å². The van der Waals surface area contributed by atoms with Gasteiger partial charge in [-0.05, 0) is 0 Å². The zero-order valence-corrected chi connectivity index (χ0v) is 21.0. The molecule has 0 bridgehead atoms. The molecule has 0 aromatic heterocycles. The Hall–Kier alpha value is -2.00. The summed E-state index contributed by atoms with van der Waals surface area (Å²) in [6.45, 7) is 0. The van der Waals surface area contributed by atoms with Crippen LogP contribution in [0.4, 0.5) is 0 Å². The van der Waals surface area contributed by atoms with Gasteiger partial charge in [0.05, 0.1) is 0 Å². The molecule has 2 heteroatoms. The third-order valence-corrected chi connectivity index (χ3v) is 16.2. The number of hydrogen-bond acceptors (Lipinski definition) is 0. The van der Waals surface area contributed by atoms with Crippen LogP contribution >= 0.6 is 0 Å². The van der Waals surface area contributed by atoms with E-state index in [1.807, 2.05) is 0 Å². The average molecular weight is 514 g/mol. The summed E-state index contributed by atoms with van der Waals surface area (Å²) in [5, 5.41) is 2.71. The van der Waals surface area contributed by atoms with Crippen molar-refractivity contribution in [1.82, 2.24) is 0 Å². The molecule has 0 spiro atoms. The van der Waals surface area contributed by atoms with Crippen LogP contribution in [-0.4, -0.2) is 29.3 Å². The van der Waals surface area contributed by atoms with Gasteiger partial charge in [-0.15, -0.1) is 0 Å². The minimum absolute atomic E-state index is 1.23. The zero-order chi connectivity index (χ0) is 20.4. The van der Waals surface area contributed by atoms with Crippen LogP contribution in [0, 0.1) is 0 Å². The van der Waals surface area contributed by atoms with Crippen molar-refractivity contribution in [3.8, 4) is 0 Å². The molecule has 0 atom stereocenters. The molecule has 150 valence electrons. The number of hydrogen-bond donors (Lipinski definition) is 0. The molecule has 4 aromatic rings. The van der Waals surface area contributed by atoms with Crippen LogP contribution < -0.4 is 17.4 Å². The second-order valence-corrected chi connectivity index (χ2v) is 17.2. The summed E-state index contributed by atoms with van der Waals surface area (Å²) in [5.41, 5.74) is 0. The van der Waals surface area contributed by atoms with Crippen LogP contribution in [0.15, 0.2) is 121 Å². The molecular formula is C28H28As2. The number of unbranched alkanes of at least 4 members (excludes halogenated alkanes) is 1. The van der Waals surface area contributed by atoms with Crippen molar-refractivity contribution in [2.75, 3.05) is 0 Å². The molecule has 0 aliphatic heterocycles. The van der Waals surface area contributed by atoms with Gasteiger partial charge in [-0.3, -0.25) is 0 Å². The Labute approximate surface area is 190 Å². The number of rotatable bonds is 9. The fourth-order valence-corrected chi connectivity index (χ4v) is 13.9. The summed E-state index contributed by atoms with van der Waals surface area (Å²) < 4.78 is 6.32. The summed E-state index contributed by atoms with van der Waals surface area (Å²) in [6, 6.07) is 44.9. The second-order valence-electron chi connectivity index (χ2n) is 7.35. The number of benzene rings is 4. The Morgan fingerprint density at radius 3 is 0.800 bits per heavy atom. The Morgan fingerprint density at radius 2 is 0.567 bits per heavy atom. The van der Waals surface area contributed by atoms with Gasteiger partial charge in [-0.1, -0.05) is 0 Å². The van der Waals surface area contributed by atoms with E-state index in [-0.39, 0.29) is 0 Å². The van der Waals surface area contributed by atoms with E-state index < -0.39 is 29.3 Å². The molecule has 0 aliphatic rings. The summed E-state index contributed by atoms with van der Waals surface area (Å²) in [5.74, 6) is 0. The molecule has 0 heterocycles. The summed E-state index contributed by atoms with van der Waals surface area (Å²) in [7, 11) is 0. The van der Waals surface area contributed by atoms with Gasteiger partial charge in [0, 0.05) is 0 Å². The van der Waals surface area contributed by atoms with Gasteiger partial charge in [0.25, 0.3) is 0 Å². The van der Waals surface area contributed by atoms with Crippen molar-refractivity contribution in [1.29, 1.82) is 0 Å². The first-order valence-electron chi connectivity index (χ1n) is 10.7. The first kappa shape index (κ1) is 21.2. The van der Waals surface area contributed by atoms with Crippen molar-refractivity contribution in [3.63, 3.8) is 0 Å². The molecular weight excluding hydrogens is 486 g/mol. The maximum atomic E-state index is 2.35.